The molecule has 17 heavy (non-hydrogen) atoms. The molecular weight excluding hydrogens is 240 g/mol. The molecule has 0 aliphatic carbocycles. The lowest BCUT2D eigenvalue weighted by Gasteiger charge is -2.17. The average Bonchev–Trinajstić information content (AvgIpc) is 2.66. The van der Waals surface area contributed by atoms with Gasteiger partial charge in [0.05, 0.1) is 18.5 Å². The Morgan fingerprint density at radius 2 is 2.18 bits per heavy atom. The monoisotopic (exact) mass is 264 g/mol. The third-order valence-electron chi connectivity index (χ3n) is 2.93. The molecule has 0 spiro atoms. The predicted molar refractivity (Wildman–Crippen MR) is 68.5 cm³/mol. The Labute approximate surface area is 105 Å². The van der Waals surface area contributed by atoms with Crippen molar-refractivity contribution in [2.45, 2.75) is 26.4 Å². The van der Waals surface area contributed by atoms with Gasteiger partial charge in [0.25, 0.3) is 0 Å². The van der Waals surface area contributed by atoms with Gasteiger partial charge in [0.15, 0.2) is 0 Å². The van der Waals surface area contributed by atoms with Crippen LogP contribution in [0.3, 0.4) is 0 Å². The molecule has 0 bridgehead atoms. The first-order chi connectivity index (χ1) is 7.95. The fourth-order valence-corrected chi connectivity index (χ4v) is 3.41. The molecule has 5 nitrogen and oxygen atoms in total. The van der Waals surface area contributed by atoms with Crippen LogP contribution in [0.5, 0.6) is 0 Å². The highest BCUT2D eigenvalue weighted by molar-refractivity contribution is 7.89. The van der Waals surface area contributed by atoms with Crippen molar-refractivity contribution in [3.8, 4) is 0 Å². The minimum atomic E-state index is -3.13. The van der Waals surface area contributed by atoms with Crippen LogP contribution in [0, 0.1) is 5.92 Å². The standard InChI is InChI=1S/C11H24N2O3S/c1-10(2)16-6-7-17(14,15)13-5-4-11(9-13)8-12-3/h10-12H,4-9H2,1-3H3. The van der Waals surface area contributed by atoms with Crippen LogP contribution in [0.4, 0.5) is 0 Å². The fourth-order valence-electron chi connectivity index (χ4n) is 2.02. The lowest BCUT2D eigenvalue weighted by Crippen LogP contribution is -2.33. The van der Waals surface area contributed by atoms with E-state index in [4.69, 9.17) is 4.74 Å². The third kappa shape index (κ3) is 4.91. The van der Waals surface area contributed by atoms with Crippen LogP contribution in [0.15, 0.2) is 0 Å². The van der Waals surface area contributed by atoms with Crippen LogP contribution < -0.4 is 5.32 Å². The minimum Gasteiger partial charge on any atom is -0.378 e. The van der Waals surface area contributed by atoms with Crippen molar-refractivity contribution in [2.24, 2.45) is 5.92 Å². The zero-order chi connectivity index (χ0) is 12.9. The maximum absolute atomic E-state index is 12.0. The van der Waals surface area contributed by atoms with Crippen molar-refractivity contribution in [3.63, 3.8) is 0 Å². The number of rotatable bonds is 7. The van der Waals surface area contributed by atoms with Gasteiger partial charge in [0, 0.05) is 13.1 Å². The summed E-state index contributed by atoms with van der Waals surface area (Å²) in [5.74, 6) is 0.540. The Bertz CT molecular complexity index is 317. The van der Waals surface area contributed by atoms with E-state index in [9.17, 15) is 8.42 Å². The van der Waals surface area contributed by atoms with Crippen LogP contribution in [0.2, 0.25) is 0 Å². The molecule has 102 valence electrons. The van der Waals surface area contributed by atoms with Crippen LogP contribution in [-0.2, 0) is 14.8 Å². The second-order valence-electron chi connectivity index (χ2n) is 4.81. The zero-order valence-corrected chi connectivity index (χ0v) is 11.8. The van der Waals surface area contributed by atoms with Gasteiger partial charge >= 0.3 is 0 Å². The van der Waals surface area contributed by atoms with E-state index in [0.717, 1.165) is 13.0 Å². The number of hydrogen-bond donors (Lipinski definition) is 1. The Hall–Kier alpha value is -0.170. The van der Waals surface area contributed by atoms with Crippen molar-refractivity contribution in [3.05, 3.63) is 0 Å². The predicted octanol–water partition coefficient (Wildman–Crippen LogP) is 0.283. The van der Waals surface area contributed by atoms with E-state index in [1.807, 2.05) is 20.9 Å². The molecular formula is C11H24N2O3S. The van der Waals surface area contributed by atoms with Crippen molar-refractivity contribution in [1.29, 1.82) is 0 Å². The molecule has 1 saturated heterocycles. The summed E-state index contributed by atoms with van der Waals surface area (Å²) in [6, 6.07) is 0. The second kappa shape index (κ2) is 6.68. The second-order valence-corrected chi connectivity index (χ2v) is 6.89. The largest absolute Gasteiger partial charge is 0.378 e. The maximum Gasteiger partial charge on any atom is 0.216 e. The molecule has 0 aromatic heterocycles. The van der Waals surface area contributed by atoms with Crippen molar-refractivity contribution in [1.82, 2.24) is 9.62 Å². The summed E-state index contributed by atoms with van der Waals surface area (Å²) in [7, 11) is -1.23. The number of nitrogens with one attached hydrogen (secondary N) is 1. The van der Waals surface area contributed by atoms with Crippen molar-refractivity contribution < 1.29 is 13.2 Å². The smallest absolute Gasteiger partial charge is 0.216 e. The van der Waals surface area contributed by atoms with E-state index in [1.165, 1.54) is 0 Å². The molecule has 0 saturated carbocycles. The first-order valence-electron chi connectivity index (χ1n) is 6.19. The molecule has 1 rings (SSSR count). The summed E-state index contributed by atoms with van der Waals surface area (Å²) >= 11 is 0. The van der Waals surface area contributed by atoms with E-state index < -0.39 is 10.0 Å². The molecule has 1 heterocycles. The van der Waals surface area contributed by atoms with Gasteiger partial charge in [-0.25, -0.2) is 12.7 Å². The zero-order valence-electron chi connectivity index (χ0n) is 11.0. The topological polar surface area (TPSA) is 58.6 Å². The van der Waals surface area contributed by atoms with E-state index in [2.05, 4.69) is 5.32 Å². The van der Waals surface area contributed by atoms with E-state index in [1.54, 1.807) is 4.31 Å². The van der Waals surface area contributed by atoms with Crippen LogP contribution >= 0.6 is 0 Å². The Balaban J connectivity index is 2.38. The minimum absolute atomic E-state index is 0.0841. The molecule has 0 aromatic rings. The van der Waals surface area contributed by atoms with Crippen LogP contribution in [0.1, 0.15) is 20.3 Å². The highest BCUT2D eigenvalue weighted by atomic mass is 32.2. The molecule has 1 aliphatic heterocycles. The Morgan fingerprint density at radius 1 is 1.47 bits per heavy atom. The molecule has 0 amide bonds. The van der Waals surface area contributed by atoms with Crippen molar-refractivity contribution >= 4 is 10.0 Å². The van der Waals surface area contributed by atoms with Gasteiger partial charge in [-0.15, -0.1) is 0 Å². The summed E-state index contributed by atoms with van der Waals surface area (Å²) in [4.78, 5) is 0. The van der Waals surface area contributed by atoms with Crippen molar-refractivity contribution in [2.75, 3.05) is 39.0 Å². The van der Waals surface area contributed by atoms with E-state index in [0.29, 0.717) is 19.0 Å². The van der Waals surface area contributed by atoms with Gasteiger partial charge in [0.2, 0.25) is 10.0 Å². The van der Waals surface area contributed by atoms with E-state index >= 15 is 0 Å². The number of nitrogens with zero attached hydrogens (tertiary/aromatic N) is 1. The van der Waals surface area contributed by atoms with Gasteiger partial charge in [0.1, 0.15) is 0 Å². The first-order valence-corrected chi connectivity index (χ1v) is 7.80. The van der Waals surface area contributed by atoms with Gasteiger partial charge in [-0.1, -0.05) is 0 Å². The van der Waals surface area contributed by atoms with Gasteiger partial charge in [-0.3, -0.25) is 0 Å². The van der Waals surface area contributed by atoms with Gasteiger partial charge in [-0.05, 0) is 39.8 Å². The molecule has 1 unspecified atom stereocenters. The summed E-state index contributed by atoms with van der Waals surface area (Å²) in [6.07, 6.45) is 1.03. The third-order valence-corrected chi connectivity index (χ3v) is 4.73. The molecule has 0 radical (unpaired) electrons. The fraction of sp³-hybridized carbons (Fsp3) is 1.00. The van der Waals surface area contributed by atoms with Gasteiger partial charge < -0.3 is 10.1 Å². The lowest BCUT2D eigenvalue weighted by atomic mass is 10.1. The normalized spacial score (nSPS) is 22.5. The van der Waals surface area contributed by atoms with Crippen LogP contribution in [-0.4, -0.2) is 57.9 Å². The van der Waals surface area contributed by atoms with Crippen LogP contribution in [0.25, 0.3) is 0 Å². The lowest BCUT2D eigenvalue weighted by molar-refractivity contribution is 0.0907. The molecule has 1 aliphatic rings. The van der Waals surface area contributed by atoms with E-state index in [-0.39, 0.29) is 18.5 Å². The summed E-state index contributed by atoms with van der Waals surface area (Å²) in [6.45, 7) is 6.28. The quantitative estimate of drug-likeness (QED) is 0.718. The molecule has 0 aromatic carbocycles. The van der Waals surface area contributed by atoms with Gasteiger partial charge in [-0.2, -0.15) is 0 Å². The maximum atomic E-state index is 12.0. The summed E-state index contributed by atoms with van der Waals surface area (Å²) in [5.41, 5.74) is 0. The molecule has 6 heteroatoms. The number of ether oxygens (including phenoxy) is 1. The summed E-state index contributed by atoms with van der Waals surface area (Å²) < 4.78 is 30.9. The highest BCUT2D eigenvalue weighted by Gasteiger charge is 2.30. The Morgan fingerprint density at radius 3 is 2.76 bits per heavy atom. The number of sulfonamides is 1. The summed E-state index contributed by atoms with van der Waals surface area (Å²) in [5, 5.41) is 3.09. The molecule has 1 N–H and O–H groups in total. The number of hydrogen-bond acceptors (Lipinski definition) is 4. The SMILES string of the molecule is CNCC1CCN(S(=O)(=O)CCOC(C)C)C1. The Kier molecular flexibility index (Phi) is 5.85. The molecule has 1 fully saturated rings. The highest BCUT2D eigenvalue weighted by Crippen LogP contribution is 2.19. The first kappa shape index (κ1) is 14.9. The average molecular weight is 264 g/mol. The molecule has 1 atom stereocenters.